The van der Waals surface area contributed by atoms with E-state index in [1.807, 2.05) is 13.8 Å². The van der Waals surface area contributed by atoms with Crippen molar-refractivity contribution in [1.82, 2.24) is 10.6 Å². The molecule has 0 aromatic heterocycles. The summed E-state index contributed by atoms with van der Waals surface area (Å²) in [5, 5.41) is 5.89. The van der Waals surface area contributed by atoms with Crippen LogP contribution in [0.25, 0.3) is 0 Å². The van der Waals surface area contributed by atoms with E-state index in [4.69, 9.17) is 0 Å². The zero-order chi connectivity index (χ0) is 13.7. The lowest BCUT2D eigenvalue weighted by atomic mass is 9.96. The van der Waals surface area contributed by atoms with Crippen molar-refractivity contribution in [3.63, 3.8) is 0 Å². The molecule has 0 bridgehead atoms. The average Bonchev–Trinajstić information content (AvgIpc) is 2.24. The first-order valence-electron chi connectivity index (χ1n) is 5.51. The third kappa shape index (κ3) is 5.45. The van der Waals surface area contributed by atoms with Crippen molar-refractivity contribution in [2.24, 2.45) is 0 Å². The number of hydrogen-bond donors (Lipinski definition) is 2. The number of nitrogens with one attached hydrogen (secondary N) is 2. The predicted octanol–water partition coefficient (Wildman–Crippen LogP) is 1.19. The fourth-order valence-electron chi connectivity index (χ4n) is 1.21. The molecule has 0 fully saturated rings. The van der Waals surface area contributed by atoms with Crippen molar-refractivity contribution in [3.8, 4) is 0 Å². The first kappa shape index (κ1) is 15.6. The van der Waals surface area contributed by atoms with Crippen LogP contribution in [-0.2, 0) is 9.59 Å². The molecule has 4 nitrogen and oxygen atoms in total. The first-order valence-corrected chi connectivity index (χ1v) is 5.51. The summed E-state index contributed by atoms with van der Waals surface area (Å²) in [6.45, 7) is 14.6. The van der Waals surface area contributed by atoms with E-state index in [0.29, 0.717) is 6.54 Å². The Balaban J connectivity index is 4.44. The molecule has 0 heterocycles. The largest absolute Gasteiger partial charge is 0.346 e. The minimum Gasteiger partial charge on any atom is -0.346 e. The Labute approximate surface area is 103 Å². The van der Waals surface area contributed by atoms with E-state index in [0.717, 1.165) is 0 Å². The summed E-state index contributed by atoms with van der Waals surface area (Å²) >= 11 is 0. The maximum atomic E-state index is 11.5. The van der Waals surface area contributed by atoms with Crippen LogP contribution in [0.1, 0.15) is 27.7 Å². The zero-order valence-electron chi connectivity index (χ0n) is 11.1. The molecule has 96 valence electrons. The standard InChI is InChI=1S/C13H22N2O2/c1-7-10(16)13(5,6)14-9-12(3,4)15-11(17)8-2/h7-8,14H,1-2,9H2,3-6H3,(H,15,17). The van der Waals surface area contributed by atoms with Crippen LogP contribution in [-0.4, -0.2) is 29.3 Å². The topological polar surface area (TPSA) is 58.2 Å². The molecule has 1 amide bonds. The molecular formula is C13H22N2O2. The zero-order valence-corrected chi connectivity index (χ0v) is 11.1. The second-order valence-corrected chi connectivity index (χ2v) is 5.12. The van der Waals surface area contributed by atoms with Crippen molar-refractivity contribution >= 4 is 11.7 Å². The van der Waals surface area contributed by atoms with Crippen LogP contribution < -0.4 is 10.6 Å². The lowest BCUT2D eigenvalue weighted by molar-refractivity contribution is -0.119. The summed E-state index contributed by atoms with van der Waals surface area (Å²) in [6, 6.07) is 0. The van der Waals surface area contributed by atoms with E-state index in [-0.39, 0.29) is 11.7 Å². The van der Waals surface area contributed by atoms with E-state index in [9.17, 15) is 9.59 Å². The van der Waals surface area contributed by atoms with Gasteiger partial charge in [-0.05, 0) is 39.8 Å². The van der Waals surface area contributed by atoms with Crippen molar-refractivity contribution in [2.75, 3.05) is 6.54 Å². The molecule has 0 aliphatic rings. The van der Waals surface area contributed by atoms with Crippen molar-refractivity contribution in [2.45, 2.75) is 38.8 Å². The third-order valence-corrected chi connectivity index (χ3v) is 2.42. The van der Waals surface area contributed by atoms with Crippen LogP contribution in [0.15, 0.2) is 25.3 Å². The molecule has 17 heavy (non-hydrogen) atoms. The summed E-state index contributed by atoms with van der Waals surface area (Å²) in [7, 11) is 0. The van der Waals surface area contributed by atoms with Gasteiger partial charge >= 0.3 is 0 Å². The number of hydrogen-bond acceptors (Lipinski definition) is 3. The molecule has 0 aromatic carbocycles. The lowest BCUT2D eigenvalue weighted by Crippen LogP contribution is -2.56. The minimum atomic E-state index is -0.683. The molecule has 0 unspecified atom stereocenters. The van der Waals surface area contributed by atoms with Crippen molar-refractivity contribution < 1.29 is 9.59 Å². The quantitative estimate of drug-likeness (QED) is 0.655. The highest BCUT2D eigenvalue weighted by molar-refractivity contribution is 5.96. The van der Waals surface area contributed by atoms with Crippen molar-refractivity contribution in [3.05, 3.63) is 25.3 Å². The van der Waals surface area contributed by atoms with Gasteiger partial charge < -0.3 is 10.6 Å². The molecule has 0 aliphatic heterocycles. The Morgan fingerprint density at radius 1 is 1.12 bits per heavy atom. The highest BCUT2D eigenvalue weighted by atomic mass is 16.1. The molecule has 0 radical (unpaired) electrons. The number of carbonyl (C=O) groups excluding carboxylic acids is 2. The normalized spacial score (nSPS) is 11.8. The first-order chi connectivity index (χ1) is 7.64. The van der Waals surface area contributed by atoms with Gasteiger partial charge in [-0.25, -0.2) is 0 Å². The molecule has 0 saturated carbocycles. The Morgan fingerprint density at radius 3 is 2.06 bits per heavy atom. The molecule has 0 aliphatic carbocycles. The lowest BCUT2D eigenvalue weighted by Gasteiger charge is -2.31. The summed E-state index contributed by atoms with van der Waals surface area (Å²) in [4.78, 5) is 22.7. The van der Waals surface area contributed by atoms with E-state index in [1.165, 1.54) is 12.2 Å². The van der Waals surface area contributed by atoms with Gasteiger partial charge in [0.25, 0.3) is 0 Å². The van der Waals surface area contributed by atoms with Crippen LogP contribution in [0.5, 0.6) is 0 Å². The predicted molar refractivity (Wildman–Crippen MR) is 69.7 cm³/mol. The monoisotopic (exact) mass is 238 g/mol. The van der Waals surface area contributed by atoms with Crippen molar-refractivity contribution in [1.29, 1.82) is 0 Å². The summed E-state index contributed by atoms with van der Waals surface area (Å²) in [5.41, 5.74) is -1.14. The minimum absolute atomic E-state index is 0.0802. The SMILES string of the molecule is C=CC(=O)NC(C)(C)CNC(C)(C)C(=O)C=C. The van der Waals surface area contributed by atoms with Gasteiger partial charge in [0.05, 0.1) is 5.54 Å². The number of ketones is 1. The Bertz CT molecular complexity index is 330. The highest BCUT2D eigenvalue weighted by Gasteiger charge is 2.28. The molecule has 0 spiro atoms. The summed E-state index contributed by atoms with van der Waals surface area (Å²) in [5.74, 6) is -0.312. The molecule has 0 atom stereocenters. The summed E-state index contributed by atoms with van der Waals surface area (Å²) < 4.78 is 0. The second-order valence-electron chi connectivity index (χ2n) is 5.12. The smallest absolute Gasteiger partial charge is 0.243 e. The molecule has 0 rings (SSSR count). The number of rotatable bonds is 7. The van der Waals surface area contributed by atoms with E-state index in [1.54, 1.807) is 13.8 Å². The van der Waals surface area contributed by atoms with E-state index < -0.39 is 11.1 Å². The maximum absolute atomic E-state index is 11.5. The van der Waals surface area contributed by atoms with Gasteiger partial charge in [0.1, 0.15) is 0 Å². The Morgan fingerprint density at radius 2 is 1.65 bits per heavy atom. The van der Waals surface area contributed by atoms with Crippen LogP contribution >= 0.6 is 0 Å². The fourth-order valence-corrected chi connectivity index (χ4v) is 1.21. The number of carbonyl (C=O) groups is 2. The van der Waals surface area contributed by atoms with Gasteiger partial charge in [-0.3, -0.25) is 9.59 Å². The van der Waals surface area contributed by atoms with E-state index >= 15 is 0 Å². The number of amides is 1. The van der Waals surface area contributed by atoms with Gasteiger partial charge in [0.2, 0.25) is 5.91 Å². The maximum Gasteiger partial charge on any atom is 0.243 e. The molecule has 2 N–H and O–H groups in total. The molecule has 0 aromatic rings. The summed E-state index contributed by atoms with van der Waals surface area (Å²) in [6.07, 6.45) is 2.52. The van der Waals surface area contributed by atoms with E-state index in [2.05, 4.69) is 23.8 Å². The molecule has 4 heteroatoms. The fraction of sp³-hybridized carbons (Fsp3) is 0.538. The van der Waals surface area contributed by atoms with Gasteiger partial charge in [0, 0.05) is 12.1 Å². The van der Waals surface area contributed by atoms with Gasteiger partial charge in [-0.2, -0.15) is 0 Å². The molecular weight excluding hydrogens is 216 g/mol. The molecule has 0 saturated heterocycles. The van der Waals surface area contributed by atoms with Gasteiger partial charge in [0.15, 0.2) is 5.78 Å². The highest BCUT2D eigenvalue weighted by Crippen LogP contribution is 2.08. The van der Waals surface area contributed by atoms with Crippen LogP contribution in [0, 0.1) is 0 Å². The average molecular weight is 238 g/mol. The Kier molecular flexibility index (Phi) is 5.29. The van der Waals surface area contributed by atoms with Gasteiger partial charge in [-0.15, -0.1) is 0 Å². The third-order valence-electron chi connectivity index (χ3n) is 2.42. The van der Waals surface area contributed by atoms with Gasteiger partial charge in [-0.1, -0.05) is 13.2 Å². The van der Waals surface area contributed by atoms with Crippen LogP contribution in [0.2, 0.25) is 0 Å². The second kappa shape index (κ2) is 5.77. The van der Waals surface area contributed by atoms with Crippen LogP contribution in [0.4, 0.5) is 0 Å². The van der Waals surface area contributed by atoms with Crippen LogP contribution in [0.3, 0.4) is 0 Å². The Hall–Kier alpha value is -1.42.